The first-order chi connectivity index (χ1) is 7.68. The van der Waals surface area contributed by atoms with E-state index in [0.29, 0.717) is 0 Å². The van der Waals surface area contributed by atoms with E-state index in [-0.39, 0.29) is 0 Å². The highest BCUT2D eigenvalue weighted by atomic mass is 79.9. The van der Waals surface area contributed by atoms with Crippen LogP contribution in [0.4, 0.5) is 0 Å². The summed E-state index contributed by atoms with van der Waals surface area (Å²) in [5.74, 6) is 0. The Balaban J connectivity index is 2.60. The second-order valence-electron chi connectivity index (χ2n) is 3.46. The third-order valence-electron chi connectivity index (χ3n) is 2.51. The standard InChI is InChI=1S/C12H5Br3O/c13-8-5-4-7-6-2-1-3-9(14)11(6)16-12(7)10(8)15/h1-5H. The summed E-state index contributed by atoms with van der Waals surface area (Å²) < 4.78 is 8.79. The summed E-state index contributed by atoms with van der Waals surface area (Å²) in [7, 11) is 0. The maximum absolute atomic E-state index is 5.87. The number of para-hydroxylation sites is 1. The average molecular weight is 405 g/mol. The molecule has 0 bridgehead atoms. The Morgan fingerprint density at radius 3 is 2.31 bits per heavy atom. The second kappa shape index (κ2) is 3.86. The SMILES string of the molecule is Brc1ccc2c(oc3c(Br)cccc32)c1Br. The molecule has 1 nitrogen and oxygen atoms in total. The number of hydrogen-bond acceptors (Lipinski definition) is 1. The van der Waals surface area contributed by atoms with Crippen LogP contribution >= 0.6 is 47.8 Å². The molecule has 16 heavy (non-hydrogen) atoms. The van der Waals surface area contributed by atoms with Gasteiger partial charge in [-0.2, -0.15) is 0 Å². The van der Waals surface area contributed by atoms with Crippen molar-refractivity contribution in [2.75, 3.05) is 0 Å². The van der Waals surface area contributed by atoms with Crippen molar-refractivity contribution in [1.29, 1.82) is 0 Å². The van der Waals surface area contributed by atoms with Crippen LogP contribution in [-0.2, 0) is 0 Å². The summed E-state index contributed by atoms with van der Waals surface area (Å²) in [5.41, 5.74) is 1.76. The fraction of sp³-hybridized carbons (Fsp3) is 0. The first kappa shape index (κ1) is 10.8. The molecule has 0 atom stereocenters. The minimum atomic E-state index is 0.872. The van der Waals surface area contributed by atoms with Crippen molar-refractivity contribution in [1.82, 2.24) is 0 Å². The molecule has 0 N–H and O–H groups in total. The van der Waals surface area contributed by atoms with Gasteiger partial charge < -0.3 is 4.42 Å². The molecule has 2 aromatic carbocycles. The molecule has 1 heterocycles. The molecule has 4 heteroatoms. The highest BCUT2D eigenvalue weighted by Gasteiger charge is 2.13. The van der Waals surface area contributed by atoms with Gasteiger partial charge in [0.15, 0.2) is 5.58 Å². The molecule has 0 aliphatic carbocycles. The van der Waals surface area contributed by atoms with Gasteiger partial charge >= 0.3 is 0 Å². The molecule has 0 radical (unpaired) electrons. The molecule has 0 aliphatic rings. The van der Waals surface area contributed by atoms with Gasteiger partial charge in [-0.1, -0.05) is 12.1 Å². The van der Waals surface area contributed by atoms with E-state index < -0.39 is 0 Å². The van der Waals surface area contributed by atoms with Crippen LogP contribution in [0.5, 0.6) is 0 Å². The van der Waals surface area contributed by atoms with Gasteiger partial charge in [0.25, 0.3) is 0 Å². The van der Waals surface area contributed by atoms with Crippen molar-refractivity contribution in [2.45, 2.75) is 0 Å². The van der Waals surface area contributed by atoms with E-state index >= 15 is 0 Å². The molecular formula is C12H5Br3O. The lowest BCUT2D eigenvalue weighted by Crippen LogP contribution is -1.70. The minimum Gasteiger partial charge on any atom is -0.454 e. The van der Waals surface area contributed by atoms with Crippen molar-refractivity contribution in [2.24, 2.45) is 0 Å². The summed E-state index contributed by atoms with van der Waals surface area (Å²) >= 11 is 10.5. The smallest absolute Gasteiger partial charge is 0.150 e. The normalized spacial score (nSPS) is 11.4. The first-order valence-electron chi connectivity index (χ1n) is 4.63. The van der Waals surface area contributed by atoms with E-state index in [4.69, 9.17) is 4.42 Å². The molecule has 0 saturated heterocycles. The Bertz CT molecular complexity index is 700. The molecule has 0 saturated carbocycles. The van der Waals surface area contributed by atoms with Crippen molar-refractivity contribution in [3.63, 3.8) is 0 Å². The number of furan rings is 1. The van der Waals surface area contributed by atoms with Crippen LogP contribution in [0, 0.1) is 0 Å². The van der Waals surface area contributed by atoms with Crippen LogP contribution < -0.4 is 0 Å². The molecule has 1 aromatic heterocycles. The Morgan fingerprint density at radius 1 is 0.750 bits per heavy atom. The van der Waals surface area contributed by atoms with Gasteiger partial charge in [-0.3, -0.25) is 0 Å². The number of fused-ring (bicyclic) bond motifs is 3. The molecule has 0 aliphatic heterocycles. The zero-order valence-corrected chi connectivity index (χ0v) is 12.7. The third kappa shape index (κ3) is 1.47. The number of benzene rings is 2. The maximum Gasteiger partial charge on any atom is 0.150 e. The van der Waals surface area contributed by atoms with E-state index in [1.165, 1.54) is 0 Å². The maximum atomic E-state index is 5.87. The first-order valence-corrected chi connectivity index (χ1v) is 7.01. The van der Waals surface area contributed by atoms with E-state index in [2.05, 4.69) is 59.9 Å². The van der Waals surface area contributed by atoms with Gasteiger partial charge in [0, 0.05) is 15.2 Å². The highest BCUT2D eigenvalue weighted by Crippen LogP contribution is 2.39. The number of halogens is 3. The Kier molecular flexibility index (Phi) is 2.61. The van der Waals surface area contributed by atoms with Gasteiger partial charge in [0.2, 0.25) is 0 Å². The summed E-state index contributed by atoms with van der Waals surface area (Å²) in [6.07, 6.45) is 0. The van der Waals surface area contributed by atoms with Gasteiger partial charge in [-0.25, -0.2) is 0 Å². The van der Waals surface area contributed by atoms with E-state index in [1.54, 1.807) is 0 Å². The second-order valence-corrected chi connectivity index (χ2v) is 5.96. The minimum absolute atomic E-state index is 0.872. The monoisotopic (exact) mass is 402 g/mol. The van der Waals surface area contributed by atoms with Crippen LogP contribution in [-0.4, -0.2) is 0 Å². The highest BCUT2D eigenvalue weighted by molar-refractivity contribution is 9.13. The van der Waals surface area contributed by atoms with Crippen LogP contribution in [0.2, 0.25) is 0 Å². The Labute approximate surface area is 117 Å². The van der Waals surface area contributed by atoms with Crippen LogP contribution in [0.15, 0.2) is 48.2 Å². The lowest BCUT2D eigenvalue weighted by Gasteiger charge is -1.95. The zero-order valence-electron chi connectivity index (χ0n) is 7.93. The average Bonchev–Trinajstić information content (AvgIpc) is 2.65. The topological polar surface area (TPSA) is 13.1 Å². The Morgan fingerprint density at radius 2 is 1.50 bits per heavy atom. The summed E-state index contributed by atoms with van der Waals surface area (Å²) in [5, 5.41) is 2.24. The molecule has 0 fully saturated rings. The summed E-state index contributed by atoms with van der Waals surface area (Å²) in [4.78, 5) is 0. The fourth-order valence-electron chi connectivity index (χ4n) is 1.77. The molecule has 3 rings (SSSR count). The van der Waals surface area contributed by atoms with Crippen molar-refractivity contribution in [3.8, 4) is 0 Å². The fourth-order valence-corrected chi connectivity index (χ4v) is 2.96. The largest absolute Gasteiger partial charge is 0.454 e. The summed E-state index contributed by atoms with van der Waals surface area (Å²) in [6.45, 7) is 0. The van der Waals surface area contributed by atoms with E-state index in [9.17, 15) is 0 Å². The van der Waals surface area contributed by atoms with Gasteiger partial charge in [0.05, 0.1) is 8.95 Å². The number of hydrogen-bond donors (Lipinski definition) is 0. The summed E-state index contributed by atoms with van der Waals surface area (Å²) in [6, 6.07) is 10.1. The molecule has 3 aromatic rings. The van der Waals surface area contributed by atoms with Crippen molar-refractivity contribution < 1.29 is 4.42 Å². The predicted octanol–water partition coefficient (Wildman–Crippen LogP) is 5.87. The van der Waals surface area contributed by atoms with Crippen molar-refractivity contribution in [3.05, 3.63) is 43.7 Å². The van der Waals surface area contributed by atoms with Crippen LogP contribution in [0.25, 0.3) is 21.9 Å². The van der Waals surface area contributed by atoms with E-state index in [0.717, 1.165) is 35.4 Å². The molecule has 80 valence electrons. The molecular weight excluding hydrogens is 400 g/mol. The van der Waals surface area contributed by atoms with Crippen LogP contribution in [0.3, 0.4) is 0 Å². The molecule has 0 spiro atoms. The number of rotatable bonds is 0. The van der Waals surface area contributed by atoms with Gasteiger partial charge in [-0.15, -0.1) is 0 Å². The van der Waals surface area contributed by atoms with Gasteiger partial charge in [-0.05, 0) is 66.0 Å². The lowest BCUT2D eigenvalue weighted by atomic mass is 10.2. The van der Waals surface area contributed by atoms with Crippen molar-refractivity contribution >= 4 is 69.7 Å². The Hall–Kier alpha value is -0.320. The van der Waals surface area contributed by atoms with Gasteiger partial charge in [0.1, 0.15) is 5.58 Å². The lowest BCUT2D eigenvalue weighted by molar-refractivity contribution is 0.664. The molecule has 0 amide bonds. The predicted molar refractivity (Wildman–Crippen MR) is 76.8 cm³/mol. The quantitative estimate of drug-likeness (QED) is 0.456. The third-order valence-corrected chi connectivity index (χ3v) is 5.12. The van der Waals surface area contributed by atoms with E-state index in [1.807, 2.05) is 18.2 Å². The molecule has 0 unspecified atom stereocenters. The zero-order chi connectivity index (χ0) is 11.3. The van der Waals surface area contributed by atoms with Crippen LogP contribution in [0.1, 0.15) is 0 Å².